The number of hydrogen-bond acceptors (Lipinski definition) is 2. The SMILES string of the molecule is C[C@@H]1CCC(=O)O[C@@]1(C)c1ccccc1. The van der Waals surface area contributed by atoms with Crippen LogP contribution in [0.25, 0.3) is 0 Å². The summed E-state index contributed by atoms with van der Waals surface area (Å²) in [7, 11) is 0. The first-order chi connectivity index (χ1) is 7.13. The third-order valence-electron chi connectivity index (χ3n) is 3.39. The smallest absolute Gasteiger partial charge is 0.306 e. The third-order valence-corrected chi connectivity index (χ3v) is 3.39. The Labute approximate surface area is 90.3 Å². The van der Waals surface area contributed by atoms with Gasteiger partial charge in [-0.1, -0.05) is 37.3 Å². The minimum atomic E-state index is -0.448. The molecule has 2 nitrogen and oxygen atoms in total. The Hall–Kier alpha value is -1.31. The number of cyclic esters (lactones) is 1. The molecular formula is C13H16O2. The van der Waals surface area contributed by atoms with Crippen LogP contribution in [0.4, 0.5) is 0 Å². The zero-order chi connectivity index (χ0) is 10.9. The number of carbonyl (C=O) groups excluding carboxylic acids is 1. The molecule has 0 radical (unpaired) electrons. The fourth-order valence-corrected chi connectivity index (χ4v) is 2.11. The van der Waals surface area contributed by atoms with Crippen molar-refractivity contribution in [3.8, 4) is 0 Å². The minimum absolute atomic E-state index is 0.0838. The highest BCUT2D eigenvalue weighted by Crippen LogP contribution is 2.39. The van der Waals surface area contributed by atoms with Gasteiger partial charge in [-0.3, -0.25) is 4.79 Å². The summed E-state index contributed by atoms with van der Waals surface area (Å²) >= 11 is 0. The maximum atomic E-state index is 11.4. The van der Waals surface area contributed by atoms with E-state index in [4.69, 9.17) is 4.74 Å². The molecule has 2 atom stereocenters. The van der Waals surface area contributed by atoms with Gasteiger partial charge in [0.05, 0.1) is 0 Å². The second kappa shape index (κ2) is 3.69. The van der Waals surface area contributed by atoms with Crippen LogP contribution in [0, 0.1) is 5.92 Å². The first-order valence-electron chi connectivity index (χ1n) is 5.40. The van der Waals surface area contributed by atoms with Gasteiger partial charge in [-0.2, -0.15) is 0 Å². The molecule has 0 bridgehead atoms. The average Bonchev–Trinajstić information content (AvgIpc) is 2.25. The van der Waals surface area contributed by atoms with Crippen molar-refractivity contribution in [2.75, 3.05) is 0 Å². The fourth-order valence-electron chi connectivity index (χ4n) is 2.11. The van der Waals surface area contributed by atoms with Gasteiger partial charge in [0, 0.05) is 12.3 Å². The number of esters is 1. The highest BCUT2D eigenvalue weighted by Gasteiger charge is 2.40. The molecule has 0 unspecified atom stereocenters. The molecular weight excluding hydrogens is 188 g/mol. The van der Waals surface area contributed by atoms with Crippen molar-refractivity contribution in [2.45, 2.75) is 32.3 Å². The maximum absolute atomic E-state index is 11.4. The Morgan fingerprint density at radius 3 is 2.67 bits per heavy atom. The molecule has 1 heterocycles. The van der Waals surface area contributed by atoms with Gasteiger partial charge in [0.15, 0.2) is 0 Å². The lowest BCUT2D eigenvalue weighted by atomic mass is 9.79. The van der Waals surface area contributed by atoms with Crippen LogP contribution in [0.3, 0.4) is 0 Å². The molecule has 0 saturated carbocycles. The molecule has 1 aromatic carbocycles. The molecule has 0 spiro atoms. The van der Waals surface area contributed by atoms with Crippen molar-refractivity contribution in [3.05, 3.63) is 35.9 Å². The average molecular weight is 204 g/mol. The van der Waals surface area contributed by atoms with Gasteiger partial charge < -0.3 is 4.74 Å². The molecule has 2 rings (SSSR count). The second-order valence-electron chi connectivity index (χ2n) is 4.39. The lowest BCUT2D eigenvalue weighted by Gasteiger charge is -2.39. The minimum Gasteiger partial charge on any atom is -0.454 e. The summed E-state index contributed by atoms with van der Waals surface area (Å²) in [5, 5.41) is 0. The molecule has 1 saturated heterocycles. The highest BCUT2D eigenvalue weighted by atomic mass is 16.6. The van der Waals surface area contributed by atoms with Gasteiger partial charge in [-0.25, -0.2) is 0 Å². The van der Waals surface area contributed by atoms with E-state index >= 15 is 0 Å². The summed E-state index contributed by atoms with van der Waals surface area (Å²) in [4.78, 5) is 11.4. The van der Waals surface area contributed by atoms with Crippen LogP contribution in [0.5, 0.6) is 0 Å². The molecule has 15 heavy (non-hydrogen) atoms. The van der Waals surface area contributed by atoms with Crippen LogP contribution >= 0.6 is 0 Å². The van der Waals surface area contributed by atoms with E-state index in [1.807, 2.05) is 37.3 Å². The first kappa shape index (κ1) is 10.2. The normalized spacial score (nSPS) is 31.1. The Bertz CT molecular complexity index is 358. The van der Waals surface area contributed by atoms with Gasteiger partial charge in [-0.05, 0) is 18.9 Å². The van der Waals surface area contributed by atoms with Gasteiger partial charge in [0.2, 0.25) is 0 Å². The molecule has 1 aliphatic heterocycles. The lowest BCUT2D eigenvalue weighted by Crippen LogP contribution is -2.39. The van der Waals surface area contributed by atoms with Gasteiger partial charge in [-0.15, -0.1) is 0 Å². The Morgan fingerprint density at radius 1 is 1.33 bits per heavy atom. The maximum Gasteiger partial charge on any atom is 0.306 e. The summed E-state index contributed by atoms with van der Waals surface area (Å²) in [6.45, 7) is 4.14. The lowest BCUT2D eigenvalue weighted by molar-refractivity contribution is -0.174. The monoisotopic (exact) mass is 204 g/mol. The molecule has 0 aliphatic carbocycles. The van der Waals surface area contributed by atoms with E-state index in [2.05, 4.69) is 6.92 Å². The van der Waals surface area contributed by atoms with Crippen molar-refractivity contribution in [1.82, 2.24) is 0 Å². The third kappa shape index (κ3) is 1.76. The van der Waals surface area contributed by atoms with Crippen molar-refractivity contribution in [2.24, 2.45) is 5.92 Å². The summed E-state index contributed by atoms with van der Waals surface area (Å²) in [6, 6.07) is 9.98. The second-order valence-corrected chi connectivity index (χ2v) is 4.39. The van der Waals surface area contributed by atoms with Crippen molar-refractivity contribution < 1.29 is 9.53 Å². The van der Waals surface area contributed by atoms with Crippen molar-refractivity contribution >= 4 is 5.97 Å². The number of ether oxygens (including phenoxy) is 1. The molecule has 1 fully saturated rings. The highest BCUT2D eigenvalue weighted by molar-refractivity contribution is 5.71. The van der Waals surface area contributed by atoms with E-state index in [1.165, 1.54) is 0 Å². The summed E-state index contributed by atoms with van der Waals surface area (Å²) in [5.74, 6) is 0.289. The molecule has 0 aromatic heterocycles. The molecule has 1 aliphatic rings. The van der Waals surface area contributed by atoms with E-state index in [-0.39, 0.29) is 5.97 Å². The van der Waals surface area contributed by atoms with E-state index in [0.717, 1.165) is 12.0 Å². The summed E-state index contributed by atoms with van der Waals surface area (Å²) < 4.78 is 5.53. The Balaban J connectivity index is 2.35. The fraction of sp³-hybridized carbons (Fsp3) is 0.462. The van der Waals surface area contributed by atoms with Crippen LogP contribution in [0.1, 0.15) is 32.3 Å². The Morgan fingerprint density at radius 2 is 2.00 bits per heavy atom. The number of benzene rings is 1. The topological polar surface area (TPSA) is 26.3 Å². The summed E-state index contributed by atoms with van der Waals surface area (Å²) in [5.41, 5.74) is 0.641. The predicted molar refractivity (Wildman–Crippen MR) is 58.3 cm³/mol. The molecule has 0 amide bonds. The van der Waals surface area contributed by atoms with Crippen LogP contribution in [0.2, 0.25) is 0 Å². The van der Waals surface area contributed by atoms with Crippen LogP contribution in [0.15, 0.2) is 30.3 Å². The van der Waals surface area contributed by atoms with Crippen molar-refractivity contribution in [3.63, 3.8) is 0 Å². The largest absolute Gasteiger partial charge is 0.454 e. The predicted octanol–water partition coefficient (Wildman–Crippen LogP) is 2.87. The standard InChI is InChI=1S/C13H16O2/c1-10-8-9-12(14)15-13(10,2)11-6-4-3-5-7-11/h3-7,10H,8-9H2,1-2H3/t10-,13-/m1/s1. The van der Waals surface area contributed by atoms with Gasteiger partial charge >= 0.3 is 5.97 Å². The molecule has 2 heteroatoms. The first-order valence-corrected chi connectivity index (χ1v) is 5.40. The van der Waals surface area contributed by atoms with Gasteiger partial charge in [0.1, 0.15) is 5.60 Å². The van der Waals surface area contributed by atoms with Crippen LogP contribution in [-0.4, -0.2) is 5.97 Å². The number of carbonyl (C=O) groups is 1. The zero-order valence-electron chi connectivity index (χ0n) is 9.19. The van der Waals surface area contributed by atoms with E-state index < -0.39 is 5.60 Å². The molecule has 0 N–H and O–H groups in total. The number of hydrogen-bond donors (Lipinski definition) is 0. The number of rotatable bonds is 1. The zero-order valence-corrected chi connectivity index (χ0v) is 9.19. The molecule has 1 aromatic rings. The van der Waals surface area contributed by atoms with Gasteiger partial charge in [0.25, 0.3) is 0 Å². The van der Waals surface area contributed by atoms with E-state index in [1.54, 1.807) is 0 Å². The van der Waals surface area contributed by atoms with E-state index in [0.29, 0.717) is 12.3 Å². The summed E-state index contributed by atoms with van der Waals surface area (Å²) in [6.07, 6.45) is 1.45. The van der Waals surface area contributed by atoms with Crippen molar-refractivity contribution in [1.29, 1.82) is 0 Å². The Kier molecular flexibility index (Phi) is 2.51. The van der Waals surface area contributed by atoms with E-state index in [9.17, 15) is 4.79 Å². The molecule has 80 valence electrons. The quantitative estimate of drug-likeness (QED) is 0.657. The van der Waals surface area contributed by atoms with Crippen LogP contribution in [-0.2, 0) is 15.1 Å². The van der Waals surface area contributed by atoms with Crippen LogP contribution < -0.4 is 0 Å².